The van der Waals surface area contributed by atoms with Crippen molar-refractivity contribution < 1.29 is 8.91 Å². The van der Waals surface area contributed by atoms with Crippen LogP contribution in [0.15, 0.2) is 33.8 Å². The maximum Gasteiger partial charge on any atom is 0.191 e. The van der Waals surface area contributed by atoms with E-state index in [4.69, 9.17) is 4.52 Å². The fourth-order valence-electron chi connectivity index (χ4n) is 2.00. The van der Waals surface area contributed by atoms with Crippen LogP contribution in [0.1, 0.15) is 29.5 Å². The zero-order valence-electron chi connectivity index (χ0n) is 13.1. The lowest BCUT2D eigenvalue weighted by atomic mass is 10.1. The molecular weight excluding hydrogens is 283 g/mol. The van der Waals surface area contributed by atoms with Gasteiger partial charge in [0.2, 0.25) is 0 Å². The number of nitrogens with one attached hydrogen (secondary N) is 2. The number of hydrogen-bond donors (Lipinski definition) is 2. The van der Waals surface area contributed by atoms with Crippen molar-refractivity contribution in [3.63, 3.8) is 0 Å². The molecule has 1 heterocycles. The van der Waals surface area contributed by atoms with E-state index in [0.29, 0.717) is 24.6 Å². The van der Waals surface area contributed by atoms with Crippen molar-refractivity contribution in [2.75, 3.05) is 7.05 Å². The summed E-state index contributed by atoms with van der Waals surface area (Å²) < 4.78 is 18.4. The van der Waals surface area contributed by atoms with Gasteiger partial charge in [-0.1, -0.05) is 24.2 Å². The summed E-state index contributed by atoms with van der Waals surface area (Å²) in [5.74, 6) is 1.22. The van der Waals surface area contributed by atoms with Crippen LogP contribution in [0.4, 0.5) is 4.39 Å². The van der Waals surface area contributed by atoms with Gasteiger partial charge in [-0.05, 0) is 30.5 Å². The van der Waals surface area contributed by atoms with Gasteiger partial charge in [0, 0.05) is 19.7 Å². The van der Waals surface area contributed by atoms with Gasteiger partial charge in [-0.2, -0.15) is 0 Å². The average molecular weight is 304 g/mol. The average Bonchev–Trinajstić information content (AvgIpc) is 2.99. The predicted molar refractivity (Wildman–Crippen MR) is 84.1 cm³/mol. The number of rotatable bonds is 5. The van der Waals surface area contributed by atoms with Crippen LogP contribution in [0.5, 0.6) is 0 Å². The first-order valence-electron chi connectivity index (χ1n) is 7.26. The van der Waals surface area contributed by atoms with Crippen molar-refractivity contribution in [3.8, 4) is 0 Å². The summed E-state index contributed by atoms with van der Waals surface area (Å²) in [5.41, 5.74) is 2.56. The fourth-order valence-corrected chi connectivity index (χ4v) is 2.00. The van der Waals surface area contributed by atoms with Crippen LogP contribution in [0.3, 0.4) is 0 Å². The van der Waals surface area contributed by atoms with Crippen molar-refractivity contribution in [2.45, 2.75) is 33.4 Å². The van der Waals surface area contributed by atoms with Gasteiger partial charge in [-0.25, -0.2) is 4.39 Å². The highest BCUT2D eigenvalue weighted by Gasteiger charge is 2.05. The molecule has 0 aliphatic heterocycles. The summed E-state index contributed by atoms with van der Waals surface area (Å²) in [6, 6.07) is 6.97. The Kier molecular flexibility index (Phi) is 5.52. The van der Waals surface area contributed by atoms with E-state index in [-0.39, 0.29) is 5.82 Å². The molecule has 0 unspecified atom stereocenters. The number of hydrogen-bond acceptors (Lipinski definition) is 3. The smallest absolute Gasteiger partial charge is 0.191 e. The SMILES string of the molecule is CCc1cc(CNC(=NC)NCc2ccc(F)c(C)c2)on1. The maximum absolute atomic E-state index is 13.2. The topological polar surface area (TPSA) is 62.5 Å². The maximum atomic E-state index is 13.2. The van der Waals surface area contributed by atoms with Crippen LogP contribution >= 0.6 is 0 Å². The molecule has 0 fully saturated rings. The molecule has 0 saturated heterocycles. The van der Waals surface area contributed by atoms with Crippen LogP contribution < -0.4 is 10.6 Å². The number of aryl methyl sites for hydroxylation is 2. The summed E-state index contributed by atoms with van der Waals surface area (Å²) in [6.45, 7) is 4.86. The molecule has 0 saturated carbocycles. The number of benzene rings is 1. The minimum atomic E-state index is -0.191. The van der Waals surface area contributed by atoms with E-state index < -0.39 is 0 Å². The zero-order valence-corrected chi connectivity index (χ0v) is 13.1. The third-order valence-corrected chi connectivity index (χ3v) is 3.31. The summed E-state index contributed by atoms with van der Waals surface area (Å²) in [4.78, 5) is 4.14. The van der Waals surface area contributed by atoms with Crippen molar-refractivity contribution in [1.82, 2.24) is 15.8 Å². The summed E-state index contributed by atoms with van der Waals surface area (Å²) in [6.07, 6.45) is 0.848. The number of aromatic nitrogens is 1. The van der Waals surface area contributed by atoms with Crippen molar-refractivity contribution in [3.05, 3.63) is 52.7 Å². The summed E-state index contributed by atoms with van der Waals surface area (Å²) >= 11 is 0. The Labute approximate surface area is 129 Å². The lowest BCUT2D eigenvalue weighted by Gasteiger charge is -2.11. The van der Waals surface area contributed by atoms with E-state index in [1.165, 1.54) is 6.07 Å². The first kappa shape index (κ1) is 16.0. The molecule has 2 N–H and O–H groups in total. The largest absolute Gasteiger partial charge is 0.359 e. The lowest BCUT2D eigenvalue weighted by Crippen LogP contribution is -2.36. The van der Waals surface area contributed by atoms with E-state index in [2.05, 4.69) is 20.8 Å². The number of guanidine groups is 1. The van der Waals surface area contributed by atoms with E-state index in [1.54, 1.807) is 20.0 Å². The van der Waals surface area contributed by atoms with Crippen LogP contribution in [0.25, 0.3) is 0 Å². The van der Waals surface area contributed by atoms with Gasteiger partial charge in [-0.3, -0.25) is 4.99 Å². The Balaban J connectivity index is 1.85. The Morgan fingerprint density at radius 3 is 2.68 bits per heavy atom. The van der Waals surface area contributed by atoms with Crippen LogP contribution in [0.2, 0.25) is 0 Å². The second kappa shape index (κ2) is 7.59. The van der Waals surface area contributed by atoms with Crippen LogP contribution in [-0.2, 0) is 19.5 Å². The Hall–Kier alpha value is -2.37. The first-order chi connectivity index (χ1) is 10.6. The van der Waals surface area contributed by atoms with E-state index >= 15 is 0 Å². The van der Waals surface area contributed by atoms with Gasteiger partial charge >= 0.3 is 0 Å². The molecule has 0 aliphatic rings. The lowest BCUT2D eigenvalue weighted by molar-refractivity contribution is 0.374. The van der Waals surface area contributed by atoms with Gasteiger partial charge in [0.1, 0.15) is 5.82 Å². The summed E-state index contributed by atoms with van der Waals surface area (Å²) in [5, 5.41) is 10.3. The third-order valence-electron chi connectivity index (χ3n) is 3.31. The van der Waals surface area contributed by atoms with Gasteiger partial charge in [-0.15, -0.1) is 0 Å². The van der Waals surface area contributed by atoms with Gasteiger partial charge in [0.15, 0.2) is 11.7 Å². The number of halogens is 1. The van der Waals surface area contributed by atoms with Crippen LogP contribution in [0, 0.1) is 12.7 Å². The minimum absolute atomic E-state index is 0.191. The Morgan fingerprint density at radius 2 is 2.05 bits per heavy atom. The molecule has 0 bridgehead atoms. The first-order valence-corrected chi connectivity index (χ1v) is 7.26. The van der Waals surface area contributed by atoms with Crippen LogP contribution in [-0.4, -0.2) is 18.2 Å². The third kappa shape index (κ3) is 4.31. The molecular formula is C16H21FN4O. The van der Waals surface area contributed by atoms with E-state index in [0.717, 1.165) is 23.4 Å². The molecule has 0 amide bonds. The highest BCUT2D eigenvalue weighted by molar-refractivity contribution is 5.79. The van der Waals surface area contributed by atoms with Gasteiger partial charge in [0.05, 0.1) is 12.2 Å². The monoisotopic (exact) mass is 304 g/mol. The molecule has 1 aromatic carbocycles. The van der Waals surface area contributed by atoms with Gasteiger partial charge < -0.3 is 15.2 Å². The summed E-state index contributed by atoms with van der Waals surface area (Å²) in [7, 11) is 1.70. The quantitative estimate of drug-likeness (QED) is 0.658. The second-order valence-corrected chi connectivity index (χ2v) is 5.00. The molecule has 0 atom stereocenters. The Bertz CT molecular complexity index is 651. The highest BCUT2D eigenvalue weighted by atomic mass is 19.1. The number of aliphatic imine (C=N–C) groups is 1. The number of nitrogens with zero attached hydrogens (tertiary/aromatic N) is 2. The van der Waals surface area contributed by atoms with Crippen molar-refractivity contribution in [1.29, 1.82) is 0 Å². The molecule has 6 heteroatoms. The molecule has 2 aromatic rings. The molecule has 118 valence electrons. The zero-order chi connectivity index (χ0) is 15.9. The van der Waals surface area contributed by atoms with E-state index in [1.807, 2.05) is 19.1 Å². The predicted octanol–water partition coefficient (Wildman–Crippen LogP) is 2.55. The second-order valence-electron chi connectivity index (χ2n) is 5.00. The molecule has 22 heavy (non-hydrogen) atoms. The molecule has 5 nitrogen and oxygen atoms in total. The van der Waals surface area contributed by atoms with Gasteiger partial charge in [0.25, 0.3) is 0 Å². The molecule has 1 aromatic heterocycles. The molecule has 0 aliphatic carbocycles. The van der Waals surface area contributed by atoms with E-state index in [9.17, 15) is 4.39 Å². The highest BCUT2D eigenvalue weighted by Crippen LogP contribution is 2.09. The molecule has 2 rings (SSSR count). The molecule has 0 spiro atoms. The standard InChI is InChI=1S/C16H21FN4O/c1-4-13-8-14(22-21-13)10-20-16(18-3)19-9-12-5-6-15(17)11(2)7-12/h5-8H,4,9-10H2,1-3H3,(H2,18,19,20). The fraction of sp³-hybridized carbons (Fsp3) is 0.375. The molecule has 0 radical (unpaired) electrons. The van der Waals surface area contributed by atoms with Crippen molar-refractivity contribution >= 4 is 5.96 Å². The minimum Gasteiger partial charge on any atom is -0.359 e. The normalized spacial score (nSPS) is 11.5. The Morgan fingerprint density at radius 1 is 1.27 bits per heavy atom. The van der Waals surface area contributed by atoms with Crippen molar-refractivity contribution in [2.24, 2.45) is 4.99 Å².